The fourth-order valence-electron chi connectivity index (χ4n) is 2.34. The summed E-state index contributed by atoms with van der Waals surface area (Å²) < 4.78 is 8.60. The van der Waals surface area contributed by atoms with Crippen LogP contribution >= 0.6 is 34.4 Å². The number of benzene rings is 1. The van der Waals surface area contributed by atoms with Crippen LogP contribution in [0.3, 0.4) is 0 Å². The van der Waals surface area contributed by atoms with Gasteiger partial charge in [-0.25, -0.2) is 15.0 Å². The van der Waals surface area contributed by atoms with Crippen molar-refractivity contribution < 1.29 is 4.74 Å². The zero-order valence-electron chi connectivity index (χ0n) is 13.5. The number of imidazole rings is 1. The van der Waals surface area contributed by atoms with Gasteiger partial charge in [0, 0.05) is 11.4 Å². The number of fused-ring (bicyclic) bond motifs is 1. The van der Waals surface area contributed by atoms with E-state index in [0.29, 0.717) is 11.3 Å². The first-order valence-corrected chi connectivity index (χ1v) is 9.51. The maximum absolute atomic E-state index is 5.97. The summed E-state index contributed by atoms with van der Waals surface area (Å²) in [6.45, 7) is 3.02. The largest absolute Gasteiger partial charge is 0.496 e. The number of nitrogen functional groups attached to an aromatic ring is 1. The lowest BCUT2D eigenvalue weighted by molar-refractivity contribution is 0.410. The van der Waals surface area contributed by atoms with Crippen molar-refractivity contribution in [1.29, 1.82) is 0 Å². The molecule has 0 radical (unpaired) electrons. The van der Waals surface area contributed by atoms with Gasteiger partial charge in [-0.3, -0.25) is 0 Å². The Bertz CT molecular complexity index is 867. The molecule has 0 unspecified atom stereocenters. The number of anilines is 1. The third-order valence-corrected chi connectivity index (χ3v) is 5.47. The van der Waals surface area contributed by atoms with Gasteiger partial charge in [0.2, 0.25) is 0 Å². The zero-order chi connectivity index (χ0) is 17.1. The molecule has 8 heteroatoms. The van der Waals surface area contributed by atoms with E-state index in [1.165, 1.54) is 6.33 Å². The summed E-state index contributed by atoms with van der Waals surface area (Å²) in [6, 6.07) is 6.12. The molecule has 0 atom stereocenters. The number of methoxy groups -OCH3 is 1. The third kappa shape index (κ3) is 3.44. The summed E-state index contributed by atoms with van der Waals surface area (Å²) in [7, 11) is 1.68. The van der Waals surface area contributed by atoms with Gasteiger partial charge in [-0.15, -0.1) is 0 Å². The number of aromatic nitrogens is 4. The van der Waals surface area contributed by atoms with E-state index in [1.54, 1.807) is 18.9 Å². The van der Waals surface area contributed by atoms with Gasteiger partial charge in [0.1, 0.15) is 12.1 Å². The second kappa shape index (κ2) is 7.56. The van der Waals surface area contributed by atoms with Crippen LogP contribution in [0.25, 0.3) is 11.2 Å². The third-order valence-electron chi connectivity index (χ3n) is 3.59. The summed E-state index contributed by atoms with van der Waals surface area (Å²) in [5, 5.41) is 0.869. The molecule has 24 heavy (non-hydrogen) atoms. The minimum Gasteiger partial charge on any atom is -0.496 e. The standard InChI is InChI=1S/C16H18IN5OS/c1-3-4-7-22-15-13(14(18)19-9-20-15)21-16(22)24-10-5-6-11(17)12(8-10)23-2/h5-6,8-9H,3-4,7H2,1-2H3,(H2,18,19,20). The fourth-order valence-corrected chi connectivity index (χ4v) is 3.83. The van der Waals surface area contributed by atoms with Gasteiger partial charge in [0.25, 0.3) is 0 Å². The van der Waals surface area contributed by atoms with E-state index in [1.807, 2.05) is 12.1 Å². The van der Waals surface area contributed by atoms with Crippen LogP contribution in [0.15, 0.2) is 34.6 Å². The van der Waals surface area contributed by atoms with Crippen LogP contribution in [-0.2, 0) is 6.54 Å². The summed E-state index contributed by atoms with van der Waals surface area (Å²) in [4.78, 5) is 14.2. The molecule has 0 saturated heterocycles. The highest BCUT2D eigenvalue weighted by Gasteiger charge is 2.16. The lowest BCUT2D eigenvalue weighted by Crippen LogP contribution is -2.01. The highest BCUT2D eigenvalue weighted by Crippen LogP contribution is 2.34. The predicted octanol–water partition coefficient (Wildman–Crippen LogP) is 3.97. The number of ether oxygens (including phenoxy) is 1. The SMILES string of the molecule is CCCCn1c(Sc2ccc(I)c(OC)c2)nc2c(N)ncnc21. The molecular formula is C16H18IN5OS. The summed E-state index contributed by atoms with van der Waals surface area (Å²) in [5.74, 6) is 1.27. The minimum atomic E-state index is 0.414. The van der Waals surface area contributed by atoms with E-state index in [4.69, 9.17) is 10.5 Å². The van der Waals surface area contributed by atoms with Gasteiger partial charge < -0.3 is 15.0 Å². The van der Waals surface area contributed by atoms with Crippen LogP contribution in [0, 0.1) is 3.57 Å². The molecule has 0 saturated carbocycles. The summed E-state index contributed by atoms with van der Waals surface area (Å²) in [5.41, 5.74) is 7.42. The van der Waals surface area contributed by atoms with E-state index in [9.17, 15) is 0 Å². The number of unbranched alkanes of at least 4 members (excludes halogenated alkanes) is 1. The Morgan fingerprint density at radius 2 is 2.17 bits per heavy atom. The molecule has 0 bridgehead atoms. The maximum Gasteiger partial charge on any atom is 0.175 e. The van der Waals surface area contributed by atoms with E-state index < -0.39 is 0 Å². The molecule has 0 fully saturated rings. The van der Waals surface area contributed by atoms with Crippen molar-refractivity contribution in [2.45, 2.75) is 36.4 Å². The molecular weight excluding hydrogens is 437 g/mol. The summed E-state index contributed by atoms with van der Waals surface area (Å²) >= 11 is 3.84. The van der Waals surface area contributed by atoms with Crippen molar-refractivity contribution in [2.24, 2.45) is 0 Å². The molecule has 2 aromatic heterocycles. The average molecular weight is 455 g/mol. The van der Waals surface area contributed by atoms with E-state index in [2.05, 4.69) is 55.1 Å². The Morgan fingerprint density at radius 1 is 1.33 bits per heavy atom. The Hall–Kier alpha value is -1.55. The molecule has 3 rings (SSSR count). The lowest BCUT2D eigenvalue weighted by atomic mass is 10.3. The Labute approximate surface area is 158 Å². The van der Waals surface area contributed by atoms with Crippen LogP contribution in [0.5, 0.6) is 5.75 Å². The van der Waals surface area contributed by atoms with Crippen LogP contribution in [0.1, 0.15) is 19.8 Å². The molecule has 0 spiro atoms. The normalized spacial score (nSPS) is 11.1. The molecule has 2 heterocycles. The van der Waals surface area contributed by atoms with Crippen LogP contribution in [0.2, 0.25) is 0 Å². The molecule has 0 aliphatic heterocycles. The number of nitrogens with zero attached hydrogens (tertiary/aromatic N) is 4. The van der Waals surface area contributed by atoms with Gasteiger partial charge in [0.15, 0.2) is 22.1 Å². The molecule has 6 nitrogen and oxygen atoms in total. The quantitative estimate of drug-likeness (QED) is 0.567. The number of nitrogens with two attached hydrogens (primary N) is 1. The van der Waals surface area contributed by atoms with Crippen LogP contribution < -0.4 is 10.5 Å². The number of aryl methyl sites for hydroxylation is 1. The van der Waals surface area contributed by atoms with Crippen molar-refractivity contribution in [1.82, 2.24) is 19.5 Å². The lowest BCUT2D eigenvalue weighted by Gasteiger charge is -2.09. The topological polar surface area (TPSA) is 78.9 Å². The van der Waals surface area contributed by atoms with E-state index in [-0.39, 0.29) is 0 Å². The fraction of sp³-hybridized carbons (Fsp3) is 0.312. The van der Waals surface area contributed by atoms with Gasteiger partial charge >= 0.3 is 0 Å². The van der Waals surface area contributed by atoms with E-state index in [0.717, 1.165) is 44.4 Å². The Balaban J connectivity index is 2.03. The van der Waals surface area contributed by atoms with Crippen molar-refractivity contribution in [3.8, 4) is 5.75 Å². The molecule has 3 aromatic rings. The number of hydrogen-bond donors (Lipinski definition) is 1. The number of hydrogen-bond acceptors (Lipinski definition) is 6. The molecule has 2 N–H and O–H groups in total. The first kappa shape index (κ1) is 17.3. The van der Waals surface area contributed by atoms with Crippen molar-refractivity contribution in [3.63, 3.8) is 0 Å². The van der Waals surface area contributed by atoms with E-state index >= 15 is 0 Å². The second-order valence-corrected chi connectivity index (χ2v) is 7.43. The van der Waals surface area contributed by atoms with Crippen molar-refractivity contribution >= 4 is 51.3 Å². The summed E-state index contributed by atoms with van der Waals surface area (Å²) in [6.07, 6.45) is 3.64. The maximum atomic E-state index is 5.97. The average Bonchev–Trinajstić information content (AvgIpc) is 2.93. The van der Waals surface area contributed by atoms with Crippen LogP contribution in [0.4, 0.5) is 5.82 Å². The van der Waals surface area contributed by atoms with Gasteiger partial charge in [-0.05, 0) is 47.2 Å². The molecule has 1 aromatic carbocycles. The van der Waals surface area contributed by atoms with Crippen molar-refractivity contribution in [3.05, 3.63) is 28.1 Å². The highest BCUT2D eigenvalue weighted by molar-refractivity contribution is 14.1. The van der Waals surface area contributed by atoms with Gasteiger partial charge in [0.05, 0.1) is 10.7 Å². The first-order chi connectivity index (χ1) is 11.6. The molecule has 0 aliphatic rings. The molecule has 126 valence electrons. The monoisotopic (exact) mass is 455 g/mol. The highest BCUT2D eigenvalue weighted by atomic mass is 127. The second-order valence-electron chi connectivity index (χ2n) is 5.23. The number of rotatable bonds is 6. The van der Waals surface area contributed by atoms with Gasteiger partial charge in [-0.2, -0.15) is 0 Å². The van der Waals surface area contributed by atoms with Crippen LogP contribution in [-0.4, -0.2) is 26.6 Å². The Kier molecular flexibility index (Phi) is 5.44. The smallest absolute Gasteiger partial charge is 0.175 e. The first-order valence-electron chi connectivity index (χ1n) is 7.62. The number of halogens is 1. The molecule has 0 amide bonds. The predicted molar refractivity (Wildman–Crippen MR) is 104 cm³/mol. The van der Waals surface area contributed by atoms with Gasteiger partial charge in [-0.1, -0.05) is 25.1 Å². The molecule has 0 aliphatic carbocycles. The Morgan fingerprint density at radius 3 is 2.92 bits per heavy atom. The zero-order valence-corrected chi connectivity index (χ0v) is 16.5. The van der Waals surface area contributed by atoms with Crippen molar-refractivity contribution in [2.75, 3.05) is 12.8 Å². The minimum absolute atomic E-state index is 0.414.